The Kier molecular flexibility index (Phi) is 6.32. The van der Waals surface area contributed by atoms with Gasteiger partial charge in [0.25, 0.3) is 5.91 Å². The number of anilines is 2. The number of methoxy groups -OCH3 is 1. The zero-order valence-corrected chi connectivity index (χ0v) is 16.7. The Bertz CT molecular complexity index is 1030. The summed E-state index contributed by atoms with van der Waals surface area (Å²) in [5.41, 5.74) is 2.40. The maximum Gasteiger partial charge on any atom is 0.311 e. The second-order valence-electron chi connectivity index (χ2n) is 6.93. The number of nitriles is 1. The van der Waals surface area contributed by atoms with Crippen molar-refractivity contribution in [2.24, 2.45) is 5.92 Å². The number of hydrogen-bond acceptors (Lipinski definition) is 6. The van der Waals surface area contributed by atoms with Crippen molar-refractivity contribution < 1.29 is 23.9 Å². The first-order valence-electron chi connectivity index (χ1n) is 9.33. The fourth-order valence-electron chi connectivity index (χ4n) is 3.23. The van der Waals surface area contributed by atoms with E-state index in [0.717, 1.165) is 5.56 Å². The number of carbonyl (C=O) groups excluding carboxylic acids is 3. The van der Waals surface area contributed by atoms with Crippen molar-refractivity contribution in [3.63, 3.8) is 0 Å². The van der Waals surface area contributed by atoms with Gasteiger partial charge in [-0.05, 0) is 42.8 Å². The average molecular weight is 407 g/mol. The molecule has 1 heterocycles. The molecule has 0 radical (unpaired) electrons. The number of benzene rings is 2. The van der Waals surface area contributed by atoms with Gasteiger partial charge in [-0.25, -0.2) is 0 Å². The predicted molar refractivity (Wildman–Crippen MR) is 109 cm³/mol. The summed E-state index contributed by atoms with van der Waals surface area (Å²) < 4.78 is 10.4. The third-order valence-electron chi connectivity index (χ3n) is 4.70. The molecule has 0 spiro atoms. The van der Waals surface area contributed by atoms with Crippen LogP contribution in [0, 0.1) is 24.2 Å². The van der Waals surface area contributed by atoms with E-state index in [9.17, 15) is 14.4 Å². The summed E-state index contributed by atoms with van der Waals surface area (Å²) in [5, 5.41) is 11.5. The molecule has 3 rings (SSSR count). The van der Waals surface area contributed by atoms with E-state index in [1.807, 2.05) is 25.1 Å². The fraction of sp³-hybridized carbons (Fsp3) is 0.273. The molecule has 0 bridgehead atoms. The van der Waals surface area contributed by atoms with E-state index in [4.69, 9.17) is 14.7 Å². The Morgan fingerprint density at radius 2 is 2.07 bits per heavy atom. The third kappa shape index (κ3) is 4.75. The van der Waals surface area contributed by atoms with Crippen molar-refractivity contribution in [2.45, 2.75) is 13.3 Å². The Morgan fingerprint density at radius 1 is 1.27 bits per heavy atom. The lowest BCUT2D eigenvalue weighted by Gasteiger charge is -2.20. The van der Waals surface area contributed by atoms with Crippen LogP contribution in [0.25, 0.3) is 0 Å². The molecule has 8 heteroatoms. The van der Waals surface area contributed by atoms with Crippen LogP contribution in [0.5, 0.6) is 5.75 Å². The minimum absolute atomic E-state index is 0.00175. The van der Waals surface area contributed by atoms with Crippen molar-refractivity contribution in [2.75, 3.05) is 30.5 Å². The van der Waals surface area contributed by atoms with Crippen LogP contribution in [0.1, 0.15) is 17.5 Å². The van der Waals surface area contributed by atoms with Crippen LogP contribution in [-0.4, -0.2) is 38.0 Å². The highest BCUT2D eigenvalue weighted by Crippen LogP contribution is 2.34. The molecule has 2 aromatic rings. The third-order valence-corrected chi connectivity index (χ3v) is 4.70. The molecule has 30 heavy (non-hydrogen) atoms. The highest BCUT2D eigenvalue weighted by atomic mass is 16.5. The van der Waals surface area contributed by atoms with Gasteiger partial charge in [-0.3, -0.25) is 14.4 Å². The standard InChI is InChI=1S/C22H21N3O5/c1-14-6-7-19(29-2)18(8-14)25-12-16(10-21(25)27)22(28)30-13-20(26)24-17-5-3-4-15(9-17)11-23/h3-9,16H,10,12-13H2,1-2H3,(H,24,26)/t16-/m0/s1. The number of aryl methyl sites for hydroxylation is 1. The van der Waals surface area contributed by atoms with Gasteiger partial charge in [-0.1, -0.05) is 12.1 Å². The lowest BCUT2D eigenvalue weighted by molar-refractivity contribution is -0.151. The molecule has 1 atom stereocenters. The lowest BCUT2D eigenvalue weighted by Crippen LogP contribution is -2.28. The van der Waals surface area contributed by atoms with Gasteiger partial charge < -0.3 is 19.7 Å². The minimum Gasteiger partial charge on any atom is -0.495 e. The van der Waals surface area contributed by atoms with Crippen LogP contribution in [0.3, 0.4) is 0 Å². The fourth-order valence-corrected chi connectivity index (χ4v) is 3.23. The Hall–Kier alpha value is -3.86. The largest absolute Gasteiger partial charge is 0.495 e. The molecule has 0 saturated carbocycles. The number of nitrogens with zero attached hydrogens (tertiary/aromatic N) is 2. The maximum atomic E-state index is 12.5. The quantitative estimate of drug-likeness (QED) is 0.737. The summed E-state index contributed by atoms with van der Waals surface area (Å²) in [4.78, 5) is 38.4. The van der Waals surface area contributed by atoms with Crippen molar-refractivity contribution >= 4 is 29.2 Å². The minimum atomic E-state index is -0.669. The number of hydrogen-bond donors (Lipinski definition) is 1. The van der Waals surface area contributed by atoms with Crippen molar-refractivity contribution in [3.05, 3.63) is 53.6 Å². The summed E-state index contributed by atoms with van der Waals surface area (Å²) in [6.45, 7) is 1.58. The molecule has 0 aromatic heterocycles. The average Bonchev–Trinajstić information content (AvgIpc) is 3.13. The van der Waals surface area contributed by atoms with E-state index < -0.39 is 24.4 Å². The molecule has 154 valence electrons. The molecule has 1 N–H and O–H groups in total. The molecule has 0 aliphatic carbocycles. The second kappa shape index (κ2) is 9.09. The van der Waals surface area contributed by atoms with E-state index in [1.54, 1.807) is 24.3 Å². The van der Waals surface area contributed by atoms with Gasteiger partial charge >= 0.3 is 5.97 Å². The van der Waals surface area contributed by atoms with Crippen LogP contribution in [-0.2, 0) is 19.1 Å². The Morgan fingerprint density at radius 3 is 2.80 bits per heavy atom. The highest BCUT2D eigenvalue weighted by Gasteiger charge is 2.37. The molecule has 0 unspecified atom stereocenters. The molecule has 1 aliphatic rings. The molecular formula is C22H21N3O5. The van der Waals surface area contributed by atoms with Crippen molar-refractivity contribution in [1.82, 2.24) is 0 Å². The SMILES string of the molecule is COc1ccc(C)cc1N1C[C@@H](C(=O)OCC(=O)Nc2cccc(C#N)c2)CC1=O. The van der Waals surface area contributed by atoms with E-state index in [2.05, 4.69) is 5.32 Å². The first-order valence-corrected chi connectivity index (χ1v) is 9.33. The maximum absolute atomic E-state index is 12.5. The molecule has 2 aromatic carbocycles. The van der Waals surface area contributed by atoms with Gasteiger partial charge in [0, 0.05) is 18.7 Å². The number of amides is 2. The van der Waals surface area contributed by atoms with E-state index in [-0.39, 0.29) is 18.9 Å². The number of carbonyl (C=O) groups is 3. The van der Waals surface area contributed by atoms with Gasteiger partial charge in [0.05, 0.1) is 30.3 Å². The topological polar surface area (TPSA) is 109 Å². The van der Waals surface area contributed by atoms with Crippen LogP contribution in [0.2, 0.25) is 0 Å². The molecule has 2 amide bonds. The zero-order valence-electron chi connectivity index (χ0n) is 16.7. The summed E-state index contributed by atoms with van der Waals surface area (Å²) in [5.74, 6) is -1.48. The van der Waals surface area contributed by atoms with Gasteiger partial charge in [0.2, 0.25) is 5.91 Å². The van der Waals surface area contributed by atoms with Crippen LogP contribution < -0.4 is 15.0 Å². The Balaban J connectivity index is 1.58. The van der Waals surface area contributed by atoms with Crippen molar-refractivity contribution in [3.8, 4) is 11.8 Å². The van der Waals surface area contributed by atoms with Gasteiger partial charge in [-0.15, -0.1) is 0 Å². The van der Waals surface area contributed by atoms with E-state index in [1.165, 1.54) is 18.1 Å². The van der Waals surface area contributed by atoms with Crippen molar-refractivity contribution in [1.29, 1.82) is 5.26 Å². The zero-order chi connectivity index (χ0) is 21.7. The normalized spacial score (nSPS) is 15.4. The summed E-state index contributed by atoms with van der Waals surface area (Å²) >= 11 is 0. The van der Waals surface area contributed by atoms with Gasteiger partial charge in [0.15, 0.2) is 6.61 Å². The predicted octanol–water partition coefficient (Wildman–Crippen LogP) is 2.41. The number of esters is 1. The number of ether oxygens (including phenoxy) is 2. The molecular weight excluding hydrogens is 386 g/mol. The molecule has 1 saturated heterocycles. The number of nitrogens with one attached hydrogen (secondary N) is 1. The highest BCUT2D eigenvalue weighted by molar-refractivity contribution is 6.01. The Labute approximate surface area is 174 Å². The summed E-state index contributed by atoms with van der Waals surface area (Å²) in [7, 11) is 1.52. The van der Waals surface area contributed by atoms with E-state index in [0.29, 0.717) is 22.7 Å². The van der Waals surface area contributed by atoms with Gasteiger partial charge in [0.1, 0.15) is 5.75 Å². The molecule has 1 fully saturated rings. The van der Waals surface area contributed by atoms with Crippen LogP contribution >= 0.6 is 0 Å². The summed E-state index contributed by atoms with van der Waals surface area (Å²) in [6, 6.07) is 13.8. The summed E-state index contributed by atoms with van der Waals surface area (Å²) in [6.07, 6.45) is 0.00175. The first-order chi connectivity index (χ1) is 14.4. The van der Waals surface area contributed by atoms with Crippen LogP contribution in [0.15, 0.2) is 42.5 Å². The first kappa shape index (κ1) is 20.9. The lowest BCUT2D eigenvalue weighted by atomic mass is 10.1. The second-order valence-corrected chi connectivity index (χ2v) is 6.93. The van der Waals surface area contributed by atoms with E-state index >= 15 is 0 Å². The smallest absolute Gasteiger partial charge is 0.311 e. The number of rotatable bonds is 6. The monoisotopic (exact) mass is 407 g/mol. The van der Waals surface area contributed by atoms with Crippen LogP contribution in [0.4, 0.5) is 11.4 Å². The molecule has 8 nitrogen and oxygen atoms in total. The molecule has 1 aliphatic heterocycles. The van der Waals surface area contributed by atoms with Gasteiger partial charge in [-0.2, -0.15) is 5.26 Å².